The number of carbonyl (C=O) groups is 1. The van der Waals surface area contributed by atoms with Crippen LogP contribution in [0.4, 0.5) is 0 Å². The fraction of sp³-hybridized carbons (Fsp3) is 0.400. The lowest BCUT2D eigenvalue weighted by Gasteiger charge is -2.09. The van der Waals surface area contributed by atoms with Gasteiger partial charge >= 0.3 is 0 Å². The minimum Gasteiger partial charge on any atom is -0.302 e. The second-order valence-corrected chi connectivity index (χ2v) is 7.49. The molecule has 0 saturated heterocycles. The summed E-state index contributed by atoms with van der Waals surface area (Å²) in [6.07, 6.45) is 5.81. The first-order valence-electron chi connectivity index (χ1n) is 7.13. The van der Waals surface area contributed by atoms with Crippen molar-refractivity contribution in [3.05, 3.63) is 34.1 Å². The Kier molecular flexibility index (Phi) is 3.38. The zero-order valence-electron chi connectivity index (χ0n) is 11.3. The molecule has 0 spiro atoms. The van der Waals surface area contributed by atoms with Gasteiger partial charge in [0.15, 0.2) is 5.16 Å². The highest BCUT2D eigenvalue weighted by atomic mass is 79.9. The first-order valence-corrected chi connectivity index (χ1v) is 8.74. The van der Waals surface area contributed by atoms with Crippen LogP contribution in [-0.2, 0) is 0 Å². The van der Waals surface area contributed by atoms with Crippen LogP contribution in [0.25, 0.3) is 0 Å². The van der Waals surface area contributed by atoms with Gasteiger partial charge in [-0.3, -0.25) is 4.79 Å². The monoisotopic (exact) mass is 363 g/mol. The van der Waals surface area contributed by atoms with Gasteiger partial charge in [-0.2, -0.15) is 0 Å². The third-order valence-corrected chi connectivity index (χ3v) is 5.79. The number of aromatic nitrogens is 3. The van der Waals surface area contributed by atoms with Crippen LogP contribution < -0.4 is 0 Å². The Morgan fingerprint density at radius 3 is 2.67 bits per heavy atom. The predicted octanol–water partition coefficient (Wildman–Crippen LogP) is 4.22. The molecule has 0 unspecified atom stereocenters. The molecule has 2 aromatic rings. The minimum absolute atomic E-state index is 0.589. The van der Waals surface area contributed by atoms with Crippen molar-refractivity contribution < 1.29 is 4.79 Å². The first kappa shape index (κ1) is 13.5. The number of rotatable bonds is 5. The lowest BCUT2D eigenvalue weighted by molar-refractivity contribution is 0.112. The van der Waals surface area contributed by atoms with Crippen LogP contribution in [0.2, 0.25) is 0 Å². The molecule has 4 nitrogen and oxygen atoms in total. The van der Waals surface area contributed by atoms with Crippen molar-refractivity contribution in [3.63, 3.8) is 0 Å². The summed E-state index contributed by atoms with van der Waals surface area (Å²) in [5.74, 6) is 1.79. The average molecular weight is 364 g/mol. The number of nitrogens with zero attached hydrogens (tertiary/aromatic N) is 3. The molecule has 1 aromatic carbocycles. The molecule has 1 heterocycles. The summed E-state index contributed by atoms with van der Waals surface area (Å²) in [6, 6.07) is 6.22. The Balaban J connectivity index is 1.66. The number of carbonyl (C=O) groups excluding carboxylic acids is 1. The highest BCUT2D eigenvalue weighted by Crippen LogP contribution is 2.47. The van der Waals surface area contributed by atoms with Crippen molar-refractivity contribution >= 4 is 34.0 Å². The van der Waals surface area contributed by atoms with Gasteiger partial charge < -0.3 is 4.57 Å². The Morgan fingerprint density at radius 2 is 2.05 bits per heavy atom. The van der Waals surface area contributed by atoms with Crippen LogP contribution >= 0.6 is 27.7 Å². The minimum atomic E-state index is 0.589. The van der Waals surface area contributed by atoms with E-state index in [4.69, 9.17) is 0 Å². The molecule has 6 heteroatoms. The summed E-state index contributed by atoms with van der Waals surface area (Å²) in [5.41, 5.74) is 0.675. The largest absolute Gasteiger partial charge is 0.302 e. The van der Waals surface area contributed by atoms with Crippen LogP contribution in [0.1, 0.15) is 53.8 Å². The van der Waals surface area contributed by atoms with E-state index in [9.17, 15) is 4.79 Å². The fourth-order valence-corrected chi connectivity index (χ4v) is 3.98. The van der Waals surface area contributed by atoms with Gasteiger partial charge in [-0.05, 0) is 65.5 Å². The number of halogens is 1. The van der Waals surface area contributed by atoms with Crippen molar-refractivity contribution in [3.8, 4) is 0 Å². The maximum absolute atomic E-state index is 10.8. The molecule has 2 aliphatic rings. The molecule has 0 amide bonds. The van der Waals surface area contributed by atoms with Crippen molar-refractivity contribution in [1.29, 1.82) is 0 Å². The zero-order valence-corrected chi connectivity index (χ0v) is 13.7. The topological polar surface area (TPSA) is 47.8 Å². The molecule has 21 heavy (non-hydrogen) atoms. The van der Waals surface area contributed by atoms with Crippen molar-refractivity contribution in [1.82, 2.24) is 14.8 Å². The van der Waals surface area contributed by atoms with E-state index in [1.807, 2.05) is 18.2 Å². The second kappa shape index (κ2) is 5.25. The van der Waals surface area contributed by atoms with E-state index in [-0.39, 0.29) is 0 Å². The molecule has 2 fully saturated rings. The first-order chi connectivity index (χ1) is 10.3. The average Bonchev–Trinajstić information content (AvgIpc) is 3.40. The van der Waals surface area contributed by atoms with Crippen LogP contribution in [0.5, 0.6) is 0 Å². The number of aldehydes is 1. The molecule has 4 rings (SSSR count). The summed E-state index contributed by atoms with van der Waals surface area (Å²) in [7, 11) is 0. The molecular formula is C15H14BrN3OS. The number of hydrogen-bond donors (Lipinski definition) is 0. The van der Waals surface area contributed by atoms with Crippen LogP contribution in [-0.4, -0.2) is 21.1 Å². The SMILES string of the molecule is O=Cc1ccc(Sc2nnc(C3CC3)n2C2CC2)c(Br)c1. The third-order valence-electron chi connectivity index (χ3n) is 3.84. The Bertz CT molecular complexity index is 707. The second-order valence-electron chi connectivity index (χ2n) is 5.63. The van der Waals surface area contributed by atoms with Crippen LogP contribution in [0.3, 0.4) is 0 Å². The molecule has 1 aromatic heterocycles. The van der Waals surface area contributed by atoms with E-state index in [0.717, 1.165) is 20.8 Å². The number of hydrogen-bond acceptors (Lipinski definition) is 4. The molecule has 0 radical (unpaired) electrons. The van der Waals surface area contributed by atoms with Crippen LogP contribution in [0.15, 0.2) is 32.7 Å². The third kappa shape index (κ3) is 2.66. The molecular weight excluding hydrogens is 350 g/mol. The van der Waals surface area contributed by atoms with Gasteiger partial charge in [0.2, 0.25) is 0 Å². The van der Waals surface area contributed by atoms with Gasteiger partial charge in [0.05, 0.1) is 0 Å². The van der Waals surface area contributed by atoms with Crippen molar-refractivity contribution in [2.45, 2.75) is 47.7 Å². The van der Waals surface area contributed by atoms with E-state index >= 15 is 0 Å². The Morgan fingerprint density at radius 1 is 1.24 bits per heavy atom. The highest BCUT2D eigenvalue weighted by Gasteiger charge is 2.36. The quantitative estimate of drug-likeness (QED) is 0.746. The van der Waals surface area contributed by atoms with E-state index in [0.29, 0.717) is 17.5 Å². The van der Waals surface area contributed by atoms with Crippen LogP contribution in [0, 0.1) is 0 Å². The molecule has 2 saturated carbocycles. The summed E-state index contributed by atoms with van der Waals surface area (Å²) >= 11 is 5.15. The van der Waals surface area contributed by atoms with Crippen molar-refractivity contribution in [2.24, 2.45) is 0 Å². The molecule has 0 aliphatic heterocycles. The zero-order chi connectivity index (χ0) is 14.4. The summed E-state index contributed by atoms with van der Waals surface area (Å²) in [5, 5.41) is 9.79. The van der Waals surface area contributed by atoms with Gasteiger partial charge in [-0.25, -0.2) is 0 Å². The molecule has 2 aliphatic carbocycles. The lowest BCUT2D eigenvalue weighted by atomic mass is 10.2. The fourth-order valence-electron chi connectivity index (χ4n) is 2.43. The lowest BCUT2D eigenvalue weighted by Crippen LogP contribution is -2.01. The van der Waals surface area contributed by atoms with Gasteiger partial charge in [0.25, 0.3) is 0 Å². The normalized spacial score (nSPS) is 18.0. The molecule has 0 atom stereocenters. The predicted molar refractivity (Wildman–Crippen MR) is 83.9 cm³/mol. The van der Waals surface area contributed by atoms with Crippen molar-refractivity contribution in [2.75, 3.05) is 0 Å². The molecule has 108 valence electrons. The smallest absolute Gasteiger partial charge is 0.196 e. The summed E-state index contributed by atoms with van der Waals surface area (Å²) in [6.45, 7) is 0. The van der Waals surface area contributed by atoms with Gasteiger partial charge in [0, 0.05) is 26.9 Å². The maximum Gasteiger partial charge on any atom is 0.196 e. The molecule has 0 N–H and O–H groups in total. The highest BCUT2D eigenvalue weighted by molar-refractivity contribution is 9.10. The van der Waals surface area contributed by atoms with Gasteiger partial charge in [-0.15, -0.1) is 10.2 Å². The Hall–Kier alpha value is -1.14. The summed E-state index contributed by atoms with van der Waals surface area (Å²) < 4.78 is 3.26. The maximum atomic E-state index is 10.8. The van der Waals surface area contributed by atoms with E-state index < -0.39 is 0 Å². The Labute approximate surface area is 135 Å². The van der Waals surface area contributed by atoms with Gasteiger partial charge in [-0.1, -0.05) is 6.07 Å². The number of benzene rings is 1. The molecule has 0 bridgehead atoms. The standard InChI is InChI=1S/C15H14BrN3OS/c16-12-7-9(8-20)1-6-13(12)21-15-18-17-14(10-2-3-10)19(15)11-4-5-11/h1,6-8,10-11H,2-5H2. The van der Waals surface area contributed by atoms with E-state index in [2.05, 4.69) is 30.7 Å². The summed E-state index contributed by atoms with van der Waals surface area (Å²) in [4.78, 5) is 11.9. The van der Waals surface area contributed by atoms with E-state index in [1.165, 1.54) is 31.5 Å². The van der Waals surface area contributed by atoms with E-state index in [1.54, 1.807) is 11.8 Å². The van der Waals surface area contributed by atoms with Gasteiger partial charge in [0.1, 0.15) is 12.1 Å².